The molecule has 0 atom stereocenters. The molecule has 0 aliphatic carbocycles. The van der Waals surface area contributed by atoms with Gasteiger partial charge in [0, 0.05) is 17.6 Å². The Bertz CT molecular complexity index is 1010. The van der Waals surface area contributed by atoms with E-state index in [-0.39, 0.29) is 38.5 Å². The predicted octanol–water partition coefficient (Wildman–Crippen LogP) is 3.15. The number of furan rings is 1. The molecule has 1 N–H and O–H groups in total. The summed E-state index contributed by atoms with van der Waals surface area (Å²) in [4.78, 5) is 36.4. The number of benzene rings is 1. The maximum atomic E-state index is 12.4. The summed E-state index contributed by atoms with van der Waals surface area (Å²) in [7, 11) is 0. The number of likely N-dealkylation sites (N-methyl/N-ethyl adjacent to an activating group) is 1. The minimum atomic E-state index is -0.634. The smallest absolute Gasteiger partial charge is 0.281 e. The first-order valence-electron chi connectivity index (χ1n) is 7.74. The van der Waals surface area contributed by atoms with Gasteiger partial charge in [-0.2, -0.15) is 0 Å². The van der Waals surface area contributed by atoms with Gasteiger partial charge in [0.15, 0.2) is 5.11 Å². The molecule has 1 aliphatic heterocycles. The molecular weight excluding hydrogens is 394 g/mol. The molecule has 138 valence electrons. The standard InChI is InChI=1S/C17H12ClN3O5S/c1-2-20-16(23)12(15(22)19-17(20)27)8-10-4-6-14(26-10)11-5-3-9(18)7-13(11)21(24)25/h3-8H,2H2,1H3,(H,19,22,27)/b12-8+. The molecule has 1 aromatic heterocycles. The van der Waals surface area contributed by atoms with Gasteiger partial charge in [-0.1, -0.05) is 11.6 Å². The van der Waals surface area contributed by atoms with Crippen molar-refractivity contribution in [3.05, 3.63) is 56.8 Å². The van der Waals surface area contributed by atoms with Gasteiger partial charge in [-0.05, 0) is 49.5 Å². The summed E-state index contributed by atoms with van der Waals surface area (Å²) in [5.41, 5.74) is -0.133. The third-order valence-corrected chi connectivity index (χ3v) is 4.39. The Morgan fingerprint density at radius 1 is 1.33 bits per heavy atom. The third-order valence-electron chi connectivity index (χ3n) is 3.84. The highest BCUT2D eigenvalue weighted by molar-refractivity contribution is 7.80. The topological polar surface area (TPSA) is 106 Å². The second kappa shape index (κ2) is 7.29. The number of nitro groups is 1. The molecule has 2 aromatic rings. The quantitative estimate of drug-likeness (QED) is 0.275. The molecule has 1 aliphatic rings. The largest absolute Gasteiger partial charge is 0.456 e. The van der Waals surface area contributed by atoms with Gasteiger partial charge in [-0.15, -0.1) is 0 Å². The van der Waals surface area contributed by atoms with Crippen LogP contribution in [-0.4, -0.2) is 33.3 Å². The number of halogens is 1. The van der Waals surface area contributed by atoms with E-state index in [1.54, 1.807) is 6.92 Å². The molecule has 0 radical (unpaired) electrons. The fourth-order valence-electron chi connectivity index (χ4n) is 2.56. The fraction of sp³-hybridized carbons (Fsp3) is 0.118. The molecule has 0 unspecified atom stereocenters. The van der Waals surface area contributed by atoms with Crippen LogP contribution in [0.4, 0.5) is 5.69 Å². The van der Waals surface area contributed by atoms with Crippen LogP contribution in [0.1, 0.15) is 12.7 Å². The molecule has 0 spiro atoms. The highest BCUT2D eigenvalue weighted by Gasteiger charge is 2.32. The van der Waals surface area contributed by atoms with Gasteiger partial charge in [-0.25, -0.2) is 0 Å². The van der Waals surface area contributed by atoms with Gasteiger partial charge >= 0.3 is 0 Å². The Kier molecular flexibility index (Phi) is 5.06. The van der Waals surface area contributed by atoms with E-state index in [1.165, 1.54) is 41.3 Å². The third kappa shape index (κ3) is 3.60. The highest BCUT2D eigenvalue weighted by atomic mass is 35.5. The first kappa shape index (κ1) is 18.7. The number of carbonyl (C=O) groups excluding carboxylic acids is 2. The number of carbonyl (C=O) groups is 2. The summed E-state index contributed by atoms with van der Waals surface area (Å²) in [5.74, 6) is -0.778. The molecule has 0 bridgehead atoms. The van der Waals surface area contributed by atoms with Crippen molar-refractivity contribution in [1.29, 1.82) is 0 Å². The van der Waals surface area contributed by atoms with Crippen LogP contribution in [0.25, 0.3) is 17.4 Å². The van der Waals surface area contributed by atoms with Crippen LogP contribution in [0.15, 0.2) is 40.3 Å². The van der Waals surface area contributed by atoms with Gasteiger partial charge in [0.2, 0.25) is 0 Å². The number of hydrogen-bond acceptors (Lipinski definition) is 6. The van der Waals surface area contributed by atoms with Crippen molar-refractivity contribution in [3.8, 4) is 11.3 Å². The molecule has 27 heavy (non-hydrogen) atoms. The number of amides is 2. The fourth-order valence-corrected chi connectivity index (χ4v) is 3.03. The summed E-state index contributed by atoms with van der Waals surface area (Å²) in [6.45, 7) is 2.03. The van der Waals surface area contributed by atoms with Crippen molar-refractivity contribution in [3.63, 3.8) is 0 Å². The predicted molar refractivity (Wildman–Crippen MR) is 102 cm³/mol. The monoisotopic (exact) mass is 405 g/mol. The number of nitrogens with zero attached hydrogens (tertiary/aromatic N) is 2. The summed E-state index contributed by atoms with van der Waals surface area (Å²) < 4.78 is 5.59. The maximum absolute atomic E-state index is 12.4. The van der Waals surface area contributed by atoms with Crippen LogP contribution in [0.3, 0.4) is 0 Å². The zero-order valence-electron chi connectivity index (χ0n) is 13.9. The zero-order valence-corrected chi connectivity index (χ0v) is 15.5. The molecule has 10 heteroatoms. The van der Waals surface area contributed by atoms with Crippen molar-refractivity contribution < 1.29 is 18.9 Å². The van der Waals surface area contributed by atoms with Crippen LogP contribution in [0.5, 0.6) is 0 Å². The summed E-state index contributed by atoms with van der Waals surface area (Å²) in [6, 6.07) is 7.20. The SMILES string of the molecule is CCN1C(=O)/C(=C/c2ccc(-c3ccc(Cl)cc3[N+](=O)[O-])o2)C(=O)NC1=S. The van der Waals surface area contributed by atoms with Crippen LogP contribution in [-0.2, 0) is 9.59 Å². The molecular formula is C17H12ClN3O5S. The molecule has 1 aromatic carbocycles. The molecule has 1 fully saturated rings. The lowest BCUT2D eigenvalue weighted by atomic mass is 10.1. The van der Waals surface area contributed by atoms with Crippen molar-refractivity contribution in [2.45, 2.75) is 6.92 Å². The Morgan fingerprint density at radius 2 is 2.07 bits per heavy atom. The molecule has 2 heterocycles. The second-order valence-electron chi connectivity index (χ2n) is 5.49. The lowest BCUT2D eigenvalue weighted by Gasteiger charge is -2.27. The van der Waals surface area contributed by atoms with Crippen LogP contribution >= 0.6 is 23.8 Å². The average Bonchev–Trinajstić information content (AvgIpc) is 3.07. The van der Waals surface area contributed by atoms with Gasteiger partial charge in [0.25, 0.3) is 17.5 Å². The summed E-state index contributed by atoms with van der Waals surface area (Å²) in [6.07, 6.45) is 1.27. The molecule has 8 nitrogen and oxygen atoms in total. The van der Waals surface area contributed by atoms with E-state index in [2.05, 4.69) is 5.32 Å². The van der Waals surface area contributed by atoms with Crippen LogP contribution in [0, 0.1) is 10.1 Å². The highest BCUT2D eigenvalue weighted by Crippen LogP contribution is 2.33. The number of nitro benzene ring substituents is 1. The number of rotatable bonds is 4. The van der Waals surface area contributed by atoms with Gasteiger partial charge in [0.05, 0.1) is 10.5 Å². The minimum Gasteiger partial charge on any atom is -0.456 e. The maximum Gasteiger partial charge on any atom is 0.281 e. The van der Waals surface area contributed by atoms with E-state index in [0.29, 0.717) is 6.54 Å². The molecule has 3 rings (SSSR count). The summed E-state index contributed by atoms with van der Waals surface area (Å²) >= 11 is 10.8. The lowest BCUT2D eigenvalue weighted by molar-refractivity contribution is -0.384. The van der Waals surface area contributed by atoms with Crippen LogP contribution in [0.2, 0.25) is 5.02 Å². The molecule has 1 saturated heterocycles. The Hall–Kier alpha value is -3.04. The first-order chi connectivity index (χ1) is 12.8. The van der Waals surface area contributed by atoms with Gasteiger partial charge in [0.1, 0.15) is 17.1 Å². The normalized spacial score (nSPS) is 16.0. The Labute approximate surface area is 163 Å². The van der Waals surface area contributed by atoms with Gasteiger partial charge in [-0.3, -0.25) is 29.9 Å². The number of nitrogens with one attached hydrogen (secondary N) is 1. The Balaban J connectivity index is 1.98. The van der Waals surface area contributed by atoms with Gasteiger partial charge < -0.3 is 4.42 Å². The van der Waals surface area contributed by atoms with Crippen molar-refractivity contribution in [2.24, 2.45) is 0 Å². The number of hydrogen-bond donors (Lipinski definition) is 1. The number of thiocarbonyl (C=S) groups is 1. The van der Waals surface area contributed by atoms with Crippen molar-refractivity contribution in [1.82, 2.24) is 10.2 Å². The summed E-state index contributed by atoms with van der Waals surface area (Å²) in [5, 5.41) is 13.9. The van der Waals surface area contributed by atoms with E-state index >= 15 is 0 Å². The average molecular weight is 406 g/mol. The first-order valence-corrected chi connectivity index (χ1v) is 8.53. The lowest BCUT2D eigenvalue weighted by Crippen LogP contribution is -2.53. The molecule has 0 saturated carbocycles. The second-order valence-corrected chi connectivity index (χ2v) is 6.31. The van der Waals surface area contributed by atoms with E-state index in [1.807, 2.05) is 0 Å². The van der Waals surface area contributed by atoms with Crippen LogP contribution < -0.4 is 5.32 Å². The van der Waals surface area contributed by atoms with E-state index in [9.17, 15) is 19.7 Å². The minimum absolute atomic E-state index is 0.0431. The van der Waals surface area contributed by atoms with Crippen molar-refractivity contribution in [2.75, 3.05) is 6.54 Å². The van der Waals surface area contributed by atoms with E-state index in [4.69, 9.17) is 28.2 Å². The Morgan fingerprint density at radius 3 is 2.74 bits per heavy atom. The van der Waals surface area contributed by atoms with E-state index < -0.39 is 16.7 Å². The zero-order chi connectivity index (χ0) is 19.7. The molecule has 2 amide bonds. The van der Waals surface area contributed by atoms with E-state index in [0.717, 1.165) is 0 Å². The van der Waals surface area contributed by atoms with Crippen molar-refractivity contribution >= 4 is 52.5 Å².